The molecule has 14 nitrogen and oxygen atoms in total. The van der Waals surface area contributed by atoms with E-state index in [0.717, 1.165) is 12.1 Å². The van der Waals surface area contributed by atoms with Crippen LogP contribution in [0.1, 0.15) is 20.3 Å². The predicted molar refractivity (Wildman–Crippen MR) is 99.5 cm³/mol. The summed E-state index contributed by atoms with van der Waals surface area (Å²) in [6, 6.07) is 4.84. The molecule has 0 bridgehead atoms. The fourth-order valence-electron chi connectivity index (χ4n) is 2.44. The Hall–Kier alpha value is -2.75. The van der Waals surface area contributed by atoms with Gasteiger partial charge in [-0.05, 0) is 36.3 Å². The van der Waals surface area contributed by atoms with Crippen LogP contribution < -0.4 is 4.72 Å². The molecule has 0 aromatic heterocycles. The van der Waals surface area contributed by atoms with Gasteiger partial charge in [0.2, 0.25) is 10.0 Å². The van der Waals surface area contributed by atoms with Gasteiger partial charge in [-0.3, -0.25) is 20.2 Å². The molecule has 1 aromatic rings. The van der Waals surface area contributed by atoms with Gasteiger partial charge in [0.25, 0.3) is 5.69 Å². The van der Waals surface area contributed by atoms with Crippen molar-refractivity contribution in [3.8, 4) is 0 Å². The van der Waals surface area contributed by atoms with Crippen LogP contribution in [0.15, 0.2) is 34.3 Å². The monoisotopic (exact) mass is 447 g/mol. The van der Waals surface area contributed by atoms with E-state index in [4.69, 9.17) is 9.47 Å². The van der Waals surface area contributed by atoms with E-state index in [1.165, 1.54) is 12.1 Å². The highest BCUT2D eigenvalue weighted by molar-refractivity contribution is 7.89. The fraction of sp³-hybridized carbons (Fsp3) is 0.600. The molecule has 0 unspecified atom stereocenters. The number of hydroxylamine groups is 1. The van der Waals surface area contributed by atoms with E-state index >= 15 is 0 Å². The first-order chi connectivity index (χ1) is 13.9. The number of para-hydroxylation sites is 1. The highest BCUT2D eigenvalue weighted by atomic mass is 32.2. The van der Waals surface area contributed by atoms with Gasteiger partial charge in [0.05, 0.1) is 4.92 Å². The Morgan fingerprint density at radius 1 is 1.13 bits per heavy atom. The number of sulfonamides is 1. The van der Waals surface area contributed by atoms with Crippen LogP contribution in [0.5, 0.6) is 0 Å². The zero-order valence-corrected chi connectivity index (χ0v) is 17.0. The molecule has 0 amide bonds. The first-order valence-electron chi connectivity index (χ1n) is 8.72. The number of rotatable bonds is 9. The molecule has 1 N–H and O–H groups in total. The lowest BCUT2D eigenvalue weighted by molar-refractivity contribution is -0.827. The molecular formula is C15H21N5O9S. The van der Waals surface area contributed by atoms with E-state index in [1.807, 2.05) is 0 Å². The summed E-state index contributed by atoms with van der Waals surface area (Å²) in [5, 5.41) is 38.1. The van der Waals surface area contributed by atoms with Gasteiger partial charge in [0.15, 0.2) is 23.9 Å². The van der Waals surface area contributed by atoms with Crippen molar-refractivity contribution in [3.05, 3.63) is 49.7 Å². The molecule has 15 heteroatoms. The standard InChI is InChI=1S/C15H21N5O9S/c1-14(2)28-10-15(11-29-14,20(24)25)19(23)16-8-5-9-17-30(26,27)13-7-4-3-6-12(13)18(21)22/h3-4,6-7,17H,5,8-11H2,1-2H3. The summed E-state index contributed by atoms with van der Waals surface area (Å²) in [5.74, 6) is -1.07. The maximum Gasteiger partial charge on any atom is 0.483 e. The number of nitrogens with one attached hydrogen (secondary N) is 1. The van der Waals surface area contributed by atoms with Crippen LogP contribution in [-0.4, -0.2) is 60.9 Å². The maximum atomic E-state index is 12.3. The molecule has 0 atom stereocenters. The largest absolute Gasteiger partial charge is 0.594 e. The molecule has 1 heterocycles. The fourth-order valence-corrected chi connectivity index (χ4v) is 3.68. The summed E-state index contributed by atoms with van der Waals surface area (Å²) in [4.78, 5) is 20.1. The first kappa shape index (κ1) is 23.5. The van der Waals surface area contributed by atoms with Crippen molar-refractivity contribution in [2.75, 3.05) is 26.3 Å². The van der Waals surface area contributed by atoms with E-state index in [0.29, 0.717) is 0 Å². The van der Waals surface area contributed by atoms with Crippen molar-refractivity contribution in [2.45, 2.75) is 36.6 Å². The Morgan fingerprint density at radius 2 is 1.73 bits per heavy atom. The van der Waals surface area contributed by atoms with E-state index < -0.39 is 55.1 Å². The second-order valence-corrected chi connectivity index (χ2v) is 8.57. The van der Waals surface area contributed by atoms with Crippen LogP contribution in [0, 0.1) is 25.4 Å². The van der Waals surface area contributed by atoms with Gasteiger partial charge in [-0.15, -0.1) is 0 Å². The third-order valence-electron chi connectivity index (χ3n) is 4.20. The van der Waals surface area contributed by atoms with Gasteiger partial charge in [-0.2, -0.15) is 0 Å². The lowest BCUT2D eigenvalue weighted by Crippen LogP contribution is -2.60. The van der Waals surface area contributed by atoms with Gasteiger partial charge in [0.1, 0.15) is 11.5 Å². The lowest BCUT2D eigenvalue weighted by atomic mass is 10.2. The molecule has 1 aliphatic heterocycles. The second-order valence-electron chi connectivity index (χ2n) is 6.83. The predicted octanol–water partition coefficient (Wildman–Crippen LogP) is 0.982. The number of azo groups is 1. The van der Waals surface area contributed by atoms with E-state index in [9.17, 15) is 33.9 Å². The number of hydrogen-bond acceptors (Lipinski definition) is 10. The van der Waals surface area contributed by atoms with Crippen molar-refractivity contribution in [3.63, 3.8) is 0 Å². The van der Waals surface area contributed by atoms with Crippen LogP contribution in [0.25, 0.3) is 0 Å². The Kier molecular flexibility index (Phi) is 7.02. The number of benzene rings is 1. The molecule has 30 heavy (non-hydrogen) atoms. The Balaban J connectivity index is 1.97. The molecule has 1 saturated heterocycles. The van der Waals surface area contributed by atoms with Gasteiger partial charge in [-0.1, -0.05) is 12.1 Å². The number of hydrogen-bond donors (Lipinski definition) is 1. The van der Waals surface area contributed by atoms with Gasteiger partial charge < -0.3 is 14.7 Å². The number of ether oxygens (including phenoxy) is 2. The minimum Gasteiger partial charge on any atom is -0.594 e. The minimum absolute atomic E-state index is 0.0135. The molecule has 0 radical (unpaired) electrons. The Morgan fingerprint density at radius 3 is 2.30 bits per heavy atom. The molecular weight excluding hydrogens is 426 g/mol. The van der Waals surface area contributed by atoms with Gasteiger partial charge in [-0.25, -0.2) is 13.1 Å². The van der Waals surface area contributed by atoms with Crippen molar-refractivity contribution in [1.82, 2.24) is 4.72 Å². The molecule has 2 rings (SSSR count). The minimum atomic E-state index is -4.17. The summed E-state index contributed by atoms with van der Waals surface area (Å²) in [6.45, 7) is 1.59. The third kappa shape index (κ3) is 5.24. The van der Waals surface area contributed by atoms with Gasteiger partial charge >= 0.3 is 5.66 Å². The smallest absolute Gasteiger partial charge is 0.483 e. The van der Waals surface area contributed by atoms with Crippen LogP contribution in [0.4, 0.5) is 5.69 Å². The molecule has 0 saturated carbocycles. The molecule has 1 aliphatic rings. The van der Waals surface area contributed by atoms with Gasteiger partial charge in [0, 0.05) is 12.6 Å². The average molecular weight is 447 g/mol. The molecule has 1 fully saturated rings. The average Bonchev–Trinajstić information content (AvgIpc) is 2.67. The normalized spacial score (nSPS) is 18.7. The van der Waals surface area contributed by atoms with Crippen molar-refractivity contribution in [1.29, 1.82) is 0 Å². The summed E-state index contributed by atoms with van der Waals surface area (Å²) < 4.78 is 37.1. The second kappa shape index (κ2) is 8.95. The highest BCUT2D eigenvalue weighted by Crippen LogP contribution is 2.26. The zero-order valence-electron chi connectivity index (χ0n) is 16.2. The number of nitro benzene ring substituents is 1. The van der Waals surface area contributed by atoms with Crippen molar-refractivity contribution in [2.24, 2.45) is 5.11 Å². The topological polar surface area (TPSA) is 189 Å². The van der Waals surface area contributed by atoms with E-state index in [2.05, 4.69) is 9.84 Å². The summed E-state index contributed by atoms with van der Waals surface area (Å²) in [7, 11) is -4.17. The Bertz CT molecular complexity index is 938. The Labute approximate surface area is 171 Å². The summed E-state index contributed by atoms with van der Waals surface area (Å²) in [5.41, 5.74) is -2.81. The van der Waals surface area contributed by atoms with Crippen LogP contribution >= 0.6 is 0 Å². The molecule has 0 spiro atoms. The zero-order chi connectivity index (χ0) is 22.6. The summed E-state index contributed by atoms with van der Waals surface area (Å²) >= 11 is 0. The van der Waals surface area contributed by atoms with E-state index in [-0.39, 0.29) is 24.4 Å². The maximum absolute atomic E-state index is 12.3. The molecule has 166 valence electrons. The number of nitrogens with zero attached hydrogens (tertiary/aromatic N) is 4. The van der Waals surface area contributed by atoms with Crippen LogP contribution in [0.3, 0.4) is 0 Å². The van der Waals surface area contributed by atoms with Crippen LogP contribution in [-0.2, 0) is 19.5 Å². The van der Waals surface area contributed by atoms with Crippen molar-refractivity contribution >= 4 is 15.7 Å². The lowest BCUT2D eigenvalue weighted by Gasteiger charge is -2.34. The SMILES string of the molecule is CC1(C)OCC([N+](=O)[O-])([N+]([O-])=NCCCNS(=O)(=O)c2ccccc2[N+](=O)[O-])CO1. The molecule has 0 aliphatic carbocycles. The number of nitro groups is 2. The molecule has 1 aromatic carbocycles. The third-order valence-corrected chi connectivity index (χ3v) is 5.71. The van der Waals surface area contributed by atoms with Crippen molar-refractivity contribution < 1.29 is 32.6 Å². The van der Waals surface area contributed by atoms with Crippen LogP contribution in [0.2, 0.25) is 0 Å². The highest BCUT2D eigenvalue weighted by Gasteiger charge is 2.59. The quantitative estimate of drug-likeness (QED) is 0.144. The summed E-state index contributed by atoms with van der Waals surface area (Å²) in [6.07, 6.45) is 0.0135. The first-order valence-corrected chi connectivity index (χ1v) is 10.2. The van der Waals surface area contributed by atoms with E-state index in [1.54, 1.807) is 13.8 Å².